The topological polar surface area (TPSA) is 112 Å². The molecule has 4 heterocycles. The minimum atomic E-state index is -0.255. The maximum atomic E-state index is 13.3. The molecule has 2 N–H and O–H groups in total. The molecule has 0 aromatic carbocycles. The molecule has 4 aliphatic carbocycles. The van der Waals surface area contributed by atoms with Gasteiger partial charge in [-0.15, -0.1) is 0 Å². The molecule has 2 amide bonds. The number of carbonyl (C=O) groups excluding carboxylic acids is 2. The summed E-state index contributed by atoms with van der Waals surface area (Å²) in [6, 6.07) is 5.28. The van der Waals surface area contributed by atoms with E-state index < -0.39 is 0 Å². The second kappa shape index (κ2) is 8.26. The molecule has 5 aliphatic rings. The average molecular weight is 501 g/mol. The van der Waals surface area contributed by atoms with Gasteiger partial charge in [0.15, 0.2) is 5.69 Å². The number of fused-ring (bicyclic) bond motifs is 2. The molecule has 0 unspecified atom stereocenters. The third-order valence-corrected chi connectivity index (χ3v) is 9.23. The number of nitrogens with one attached hydrogen (secondary N) is 2. The number of rotatable bonds is 4. The number of aromatic nitrogens is 4. The fraction of sp³-hybridized carbons (Fsp3) is 0.536. The van der Waals surface area contributed by atoms with Gasteiger partial charge in [-0.05, 0) is 86.8 Å². The molecule has 4 fully saturated rings. The first-order valence-electron chi connectivity index (χ1n) is 13.5. The number of pyridine rings is 1. The molecule has 37 heavy (non-hydrogen) atoms. The first kappa shape index (κ1) is 22.7. The zero-order chi connectivity index (χ0) is 25.3. The molecule has 3 aromatic rings. The number of aromatic amines is 1. The smallest absolute Gasteiger partial charge is 0.274 e. The lowest BCUT2D eigenvalue weighted by Gasteiger charge is -2.56. The molecule has 4 bridgehead atoms. The van der Waals surface area contributed by atoms with Gasteiger partial charge < -0.3 is 15.2 Å². The van der Waals surface area contributed by atoms with Crippen molar-refractivity contribution >= 4 is 17.3 Å². The van der Waals surface area contributed by atoms with Crippen LogP contribution in [0.2, 0.25) is 0 Å². The summed E-state index contributed by atoms with van der Waals surface area (Å²) in [5.74, 6) is 2.73. The highest BCUT2D eigenvalue weighted by Crippen LogP contribution is 2.59. The van der Waals surface area contributed by atoms with Crippen LogP contribution < -0.4 is 10.9 Å². The lowest BCUT2D eigenvalue weighted by molar-refractivity contribution is -0.0503. The van der Waals surface area contributed by atoms with Gasteiger partial charge in [-0.1, -0.05) is 0 Å². The Hall–Kier alpha value is -3.49. The Labute approximate surface area is 214 Å². The molecule has 0 atom stereocenters. The molecule has 0 saturated heterocycles. The van der Waals surface area contributed by atoms with E-state index in [1.54, 1.807) is 40.7 Å². The van der Waals surface area contributed by atoms with Crippen LogP contribution in [0.25, 0.3) is 5.52 Å². The minimum absolute atomic E-state index is 0.111. The monoisotopic (exact) mass is 500 g/mol. The molecular weight excluding hydrogens is 468 g/mol. The standard InChI is InChI=1S/C28H32N6O3/c1-16-30-22-4-6-33(14-21(22)26(36)31-16)27(37)23-10-24-20(3-2-5-34(24)32-23)25(35)29-15-28-11-17-7-18(12-28)9-19(8-17)13-28/h2-3,5,10,17-19H,4,6-9,11-15H2,1H3,(H,29,35)(H,30,31,36). The van der Waals surface area contributed by atoms with Crippen molar-refractivity contribution in [2.24, 2.45) is 23.2 Å². The Morgan fingerprint density at radius 3 is 2.62 bits per heavy atom. The van der Waals surface area contributed by atoms with E-state index in [4.69, 9.17) is 0 Å². The highest BCUT2D eigenvalue weighted by Gasteiger charge is 2.50. The highest BCUT2D eigenvalue weighted by molar-refractivity contribution is 6.02. The van der Waals surface area contributed by atoms with Gasteiger partial charge >= 0.3 is 0 Å². The third kappa shape index (κ3) is 3.86. The number of aryl methyl sites for hydroxylation is 1. The van der Waals surface area contributed by atoms with Crippen molar-refractivity contribution in [3.05, 3.63) is 63.1 Å². The minimum Gasteiger partial charge on any atom is -0.351 e. The normalized spacial score (nSPS) is 27.9. The fourth-order valence-electron chi connectivity index (χ4n) is 8.07. The van der Waals surface area contributed by atoms with E-state index in [1.807, 2.05) is 0 Å². The van der Waals surface area contributed by atoms with Crippen LogP contribution in [0.15, 0.2) is 29.2 Å². The molecule has 0 radical (unpaired) electrons. The van der Waals surface area contributed by atoms with Crippen LogP contribution in [0.1, 0.15) is 76.5 Å². The molecule has 9 heteroatoms. The van der Waals surface area contributed by atoms with E-state index >= 15 is 0 Å². The van der Waals surface area contributed by atoms with Crippen molar-refractivity contribution in [3.8, 4) is 0 Å². The second-order valence-corrected chi connectivity index (χ2v) is 11.9. The molecular formula is C28H32N6O3. The first-order valence-corrected chi connectivity index (χ1v) is 13.5. The van der Waals surface area contributed by atoms with Crippen LogP contribution in [0.5, 0.6) is 0 Å². The number of hydrogen-bond acceptors (Lipinski definition) is 5. The predicted molar refractivity (Wildman–Crippen MR) is 136 cm³/mol. The van der Waals surface area contributed by atoms with Crippen molar-refractivity contribution < 1.29 is 9.59 Å². The van der Waals surface area contributed by atoms with Crippen molar-refractivity contribution in [1.82, 2.24) is 29.8 Å². The van der Waals surface area contributed by atoms with Crippen molar-refractivity contribution in [2.75, 3.05) is 13.1 Å². The zero-order valence-corrected chi connectivity index (χ0v) is 21.1. The SMILES string of the molecule is Cc1nc2c(c(=O)[nH]1)CN(C(=O)c1cc3c(C(=O)NCC45CC6CC(CC(C6)C4)C5)cccn3n1)CC2. The Morgan fingerprint density at radius 1 is 1.16 bits per heavy atom. The largest absolute Gasteiger partial charge is 0.351 e. The van der Waals surface area contributed by atoms with Gasteiger partial charge in [-0.3, -0.25) is 14.4 Å². The Balaban J connectivity index is 1.10. The molecule has 0 spiro atoms. The van der Waals surface area contributed by atoms with Crippen LogP contribution in [0, 0.1) is 30.1 Å². The van der Waals surface area contributed by atoms with Crippen molar-refractivity contribution in [3.63, 3.8) is 0 Å². The predicted octanol–water partition coefficient (Wildman–Crippen LogP) is 2.87. The summed E-state index contributed by atoms with van der Waals surface area (Å²) in [7, 11) is 0. The molecule has 192 valence electrons. The number of nitrogens with zero attached hydrogens (tertiary/aromatic N) is 4. The molecule has 3 aromatic heterocycles. The van der Waals surface area contributed by atoms with Crippen LogP contribution >= 0.6 is 0 Å². The van der Waals surface area contributed by atoms with Gasteiger partial charge in [0, 0.05) is 25.7 Å². The van der Waals surface area contributed by atoms with Gasteiger partial charge in [-0.2, -0.15) is 5.10 Å². The Kier molecular flexibility index (Phi) is 5.07. The van der Waals surface area contributed by atoms with Gasteiger partial charge in [0.05, 0.1) is 28.9 Å². The summed E-state index contributed by atoms with van der Waals surface area (Å²) in [4.78, 5) is 47.9. The Morgan fingerprint density at radius 2 is 1.89 bits per heavy atom. The van der Waals surface area contributed by atoms with E-state index in [-0.39, 0.29) is 35.0 Å². The highest BCUT2D eigenvalue weighted by atomic mass is 16.2. The van der Waals surface area contributed by atoms with Crippen LogP contribution in [0.4, 0.5) is 0 Å². The lowest BCUT2D eigenvalue weighted by Crippen LogP contribution is -2.51. The number of hydrogen-bond donors (Lipinski definition) is 2. The first-order chi connectivity index (χ1) is 17.9. The van der Waals surface area contributed by atoms with E-state index in [0.717, 1.165) is 30.0 Å². The van der Waals surface area contributed by atoms with E-state index in [0.29, 0.717) is 35.4 Å². The molecule has 1 aliphatic heterocycles. The maximum absolute atomic E-state index is 13.3. The fourth-order valence-corrected chi connectivity index (χ4v) is 8.07. The third-order valence-electron chi connectivity index (χ3n) is 9.23. The summed E-state index contributed by atoms with van der Waals surface area (Å²) in [5.41, 5.74) is 2.73. The van der Waals surface area contributed by atoms with Crippen LogP contribution in [-0.2, 0) is 13.0 Å². The van der Waals surface area contributed by atoms with Crippen molar-refractivity contribution in [2.45, 2.75) is 58.4 Å². The molecule has 9 nitrogen and oxygen atoms in total. The van der Waals surface area contributed by atoms with E-state index in [1.165, 1.54) is 38.5 Å². The lowest BCUT2D eigenvalue weighted by atomic mass is 9.49. The van der Waals surface area contributed by atoms with Crippen LogP contribution in [0.3, 0.4) is 0 Å². The van der Waals surface area contributed by atoms with Crippen molar-refractivity contribution in [1.29, 1.82) is 0 Å². The van der Waals surface area contributed by atoms with Gasteiger partial charge in [0.25, 0.3) is 17.4 Å². The summed E-state index contributed by atoms with van der Waals surface area (Å²) in [6.45, 7) is 3.15. The summed E-state index contributed by atoms with van der Waals surface area (Å²) >= 11 is 0. The second-order valence-electron chi connectivity index (χ2n) is 11.9. The molecule has 4 saturated carbocycles. The maximum Gasteiger partial charge on any atom is 0.274 e. The summed E-state index contributed by atoms with van der Waals surface area (Å²) in [5, 5.41) is 7.73. The summed E-state index contributed by atoms with van der Waals surface area (Å²) in [6.07, 6.45) is 10.1. The number of H-pyrrole nitrogens is 1. The van der Waals surface area contributed by atoms with Gasteiger partial charge in [0.2, 0.25) is 0 Å². The number of amides is 2. The Bertz CT molecular complexity index is 1450. The molecule has 8 rings (SSSR count). The average Bonchev–Trinajstić information content (AvgIpc) is 3.30. The van der Waals surface area contributed by atoms with E-state index in [9.17, 15) is 14.4 Å². The number of carbonyl (C=O) groups is 2. The van der Waals surface area contributed by atoms with Gasteiger partial charge in [0.1, 0.15) is 5.82 Å². The zero-order valence-electron chi connectivity index (χ0n) is 21.1. The summed E-state index contributed by atoms with van der Waals surface area (Å²) < 4.78 is 1.60. The van der Waals surface area contributed by atoms with Gasteiger partial charge in [-0.25, -0.2) is 9.50 Å². The van der Waals surface area contributed by atoms with Crippen LogP contribution in [-0.4, -0.2) is 49.4 Å². The quantitative estimate of drug-likeness (QED) is 0.572. The van der Waals surface area contributed by atoms with E-state index in [2.05, 4.69) is 20.4 Å².